The molecule has 0 radical (unpaired) electrons. The van der Waals surface area contributed by atoms with Crippen LogP contribution < -0.4 is 11.1 Å². The van der Waals surface area contributed by atoms with Crippen molar-refractivity contribution in [3.63, 3.8) is 0 Å². The SMILES string of the molecule is CNCCC#Cc1cc(F)c(N)cc1Cl. The second-order valence-corrected chi connectivity index (χ2v) is 3.42. The highest BCUT2D eigenvalue weighted by Gasteiger charge is 2.03. The quantitative estimate of drug-likeness (QED) is 0.460. The fourth-order valence-electron chi connectivity index (χ4n) is 1.00. The first-order valence-corrected chi connectivity index (χ1v) is 4.91. The molecule has 2 nitrogen and oxygen atoms in total. The highest BCUT2D eigenvalue weighted by atomic mass is 35.5. The summed E-state index contributed by atoms with van der Waals surface area (Å²) in [5.41, 5.74) is 5.86. The van der Waals surface area contributed by atoms with Crippen molar-refractivity contribution in [2.45, 2.75) is 6.42 Å². The number of rotatable bonds is 2. The van der Waals surface area contributed by atoms with E-state index in [0.717, 1.165) is 6.54 Å². The lowest BCUT2D eigenvalue weighted by molar-refractivity contribution is 0.632. The Morgan fingerprint density at radius 1 is 1.53 bits per heavy atom. The van der Waals surface area contributed by atoms with E-state index < -0.39 is 5.82 Å². The van der Waals surface area contributed by atoms with Gasteiger partial charge in [-0.1, -0.05) is 23.4 Å². The minimum atomic E-state index is -0.489. The van der Waals surface area contributed by atoms with Gasteiger partial charge in [-0.15, -0.1) is 0 Å². The van der Waals surface area contributed by atoms with E-state index in [-0.39, 0.29) is 5.69 Å². The molecule has 0 fully saturated rings. The van der Waals surface area contributed by atoms with Crippen molar-refractivity contribution in [1.29, 1.82) is 0 Å². The fourth-order valence-corrected chi connectivity index (χ4v) is 1.22. The monoisotopic (exact) mass is 226 g/mol. The van der Waals surface area contributed by atoms with Crippen LogP contribution in [0.3, 0.4) is 0 Å². The molecule has 0 bridgehead atoms. The van der Waals surface area contributed by atoms with Gasteiger partial charge in [-0.2, -0.15) is 0 Å². The van der Waals surface area contributed by atoms with Gasteiger partial charge >= 0.3 is 0 Å². The van der Waals surface area contributed by atoms with Crippen LogP contribution in [0.2, 0.25) is 5.02 Å². The Kier molecular flexibility index (Phi) is 4.41. The molecule has 0 saturated heterocycles. The average Bonchev–Trinajstić information content (AvgIpc) is 2.20. The molecule has 0 amide bonds. The zero-order valence-corrected chi connectivity index (χ0v) is 9.16. The molecule has 0 aliphatic rings. The molecule has 4 heteroatoms. The van der Waals surface area contributed by atoms with Crippen molar-refractivity contribution >= 4 is 17.3 Å². The molecule has 1 aromatic carbocycles. The minimum absolute atomic E-state index is 0.0424. The summed E-state index contributed by atoms with van der Waals surface area (Å²) >= 11 is 5.85. The molecule has 80 valence electrons. The molecule has 3 N–H and O–H groups in total. The van der Waals surface area contributed by atoms with Crippen LogP contribution in [0, 0.1) is 17.7 Å². The molecule has 0 aliphatic heterocycles. The van der Waals surface area contributed by atoms with Crippen molar-refractivity contribution in [1.82, 2.24) is 5.32 Å². The Balaban J connectivity index is 2.84. The molecular formula is C11H12ClFN2. The molecule has 0 spiro atoms. The number of hydrogen-bond donors (Lipinski definition) is 2. The molecule has 0 saturated carbocycles. The van der Waals surface area contributed by atoms with Gasteiger partial charge in [0.1, 0.15) is 5.82 Å². The second kappa shape index (κ2) is 5.59. The van der Waals surface area contributed by atoms with Crippen molar-refractivity contribution in [2.24, 2.45) is 0 Å². The number of hydrogen-bond acceptors (Lipinski definition) is 2. The third kappa shape index (κ3) is 3.43. The summed E-state index contributed by atoms with van der Waals surface area (Å²) in [5.74, 6) is 5.20. The van der Waals surface area contributed by atoms with Crippen LogP contribution in [0.15, 0.2) is 12.1 Å². The zero-order valence-electron chi connectivity index (χ0n) is 8.40. The number of halogens is 2. The number of nitrogen functional groups attached to an aromatic ring is 1. The molecule has 0 aromatic heterocycles. The summed E-state index contributed by atoms with van der Waals surface area (Å²) in [5, 5.41) is 3.34. The summed E-state index contributed by atoms with van der Waals surface area (Å²) < 4.78 is 13.1. The van der Waals surface area contributed by atoms with Gasteiger partial charge in [-0.05, 0) is 19.2 Å². The molecule has 1 aromatic rings. The molecule has 0 unspecified atom stereocenters. The maximum absolute atomic E-state index is 13.1. The first-order valence-electron chi connectivity index (χ1n) is 4.53. The molecule has 1 rings (SSSR count). The molecule has 0 heterocycles. The number of nitrogens with two attached hydrogens (primary N) is 1. The van der Waals surface area contributed by atoms with Crippen LogP contribution in [0.4, 0.5) is 10.1 Å². The van der Waals surface area contributed by atoms with Crippen LogP contribution in [0.25, 0.3) is 0 Å². The van der Waals surface area contributed by atoms with Gasteiger partial charge in [0, 0.05) is 18.5 Å². The number of benzene rings is 1. The first kappa shape index (κ1) is 11.8. The van der Waals surface area contributed by atoms with Gasteiger partial charge in [0.15, 0.2) is 0 Å². The molecule has 0 atom stereocenters. The largest absolute Gasteiger partial charge is 0.396 e. The van der Waals surface area contributed by atoms with Gasteiger partial charge < -0.3 is 11.1 Å². The highest BCUT2D eigenvalue weighted by Crippen LogP contribution is 2.21. The molecular weight excluding hydrogens is 215 g/mol. The van der Waals surface area contributed by atoms with Crippen molar-refractivity contribution in [2.75, 3.05) is 19.3 Å². The molecule has 15 heavy (non-hydrogen) atoms. The Morgan fingerprint density at radius 2 is 2.27 bits per heavy atom. The van der Waals surface area contributed by atoms with E-state index >= 15 is 0 Å². The summed E-state index contributed by atoms with van der Waals surface area (Å²) in [4.78, 5) is 0. The first-order chi connectivity index (χ1) is 7.15. The van der Waals surface area contributed by atoms with Crippen LogP contribution in [-0.4, -0.2) is 13.6 Å². The third-order valence-corrected chi connectivity index (χ3v) is 2.12. The van der Waals surface area contributed by atoms with Crippen LogP contribution >= 0.6 is 11.6 Å². The van der Waals surface area contributed by atoms with E-state index in [2.05, 4.69) is 17.2 Å². The standard InChI is InChI=1S/C11H12ClFN2/c1-15-5-3-2-4-8-6-10(13)11(14)7-9(8)12/h6-7,15H,3,5,14H2,1H3. The summed E-state index contributed by atoms with van der Waals surface area (Å²) in [6.07, 6.45) is 0.693. The van der Waals surface area contributed by atoms with Gasteiger partial charge in [0.05, 0.1) is 10.7 Å². The van der Waals surface area contributed by atoms with E-state index in [4.69, 9.17) is 17.3 Å². The lowest BCUT2D eigenvalue weighted by Gasteiger charge is -1.99. The Hall–Kier alpha value is -1.24. The highest BCUT2D eigenvalue weighted by molar-refractivity contribution is 6.32. The van der Waals surface area contributed by atoms with Crippen LogP contribution in [-0.2, 0) is 0 Å². The summed E-state index contributed by atoms with van der Waals surface area (Å²) in [6.45, 7) is 0.794. The second-order valence-electron chi connectivity index (χ2n) is 3.01. The van der Waals surface area contributed by atoms with E-state index in [9.17, 15) is 4.39 Å². The average molecular weight is 227 g/mol. The van der Waals surface area contributed by atoms with Crippen molar-refractivity contribution < 1.29 is 4.39 Å². The smallest absolute Gasteiger partial charge is 0.147 e. The van der Waals surface area contributed by atoms with Crippen LogP contribution in [0.5, 0.6) is 0 Å². The van der Waals surface area contributed by atoms with Gasteiger partial charge in [0.2, 0.25) is 0 Å². The maximum Gasteiger partial charge on any atom is 0.147 e. The summed E-state index contributed by atoms with van der Waals surface area (Å²) in [6, 6.07) is 2.63. The zero-order chi connectivity index (χ0) is 11.3. The van der Waals surface area contributed by atoms with E-state index in [1.54, 1.807) is 0 Å². The van der Waals surface area contributed by atoms with Crippen molar-refractivity contribution in [3.8, 4) is 11.8 Å². The predicted molar refractivity (Wildman–Crippen MR) is 61.2 cm³/mol. The Morgan fingerprint density at radius 3 is 2.93 bits per heavy atom. The fraction of sp³-hybridized carbons (Fsp3) is 0.273. The van der Waals surface area contributed by atoms with Crippen molar-refractivity contribution in [3.05, 3.63) is 28.5 Å². The van der Waals surface area contributed by atoms with Gasteiger partial charge in [0.25, 0.3) is 0 Å². The van der Waals surface area contributed by atoms with Gasteiger partial charge in [-0.25, -0.2) is 4.39 Å². The lowest BCUT2D eigenvalue weighted by Crippen LogP contribution is -2.05. The lowest BCUT2D eigenvalue weighted by atomic mass is 10.2. The minimum Gasteiger partial charge on any atom is -0.396 e. The normalized spacial score (nSPS) is 9.53. The Labute approximate surface area is 93.6 Å². The summed E-state index contributed by atoms with van der Waals surface area (Å²) in [7, 11) is 1.84. The third-order valence-electron chi connectivity index (χ3n) is 1.81. The van der Waals surface area contributed by atoms with Crippen LogP contribution in [0.1, 0.15) is 12.0 Å². The number of nitrogens with one attached hydrogen (secondary N) is 1. The van der Waals surface area contributed by atoms with E-state index in [0.29, 0.717) is 17.0 Å². The maximum atomic E-state index is 13.1. The predicted octanol–water partition coefficient (Wildman–Crippen LogP) is 2.02. The number of anilines is 1. The Bertz CT molecular complexity index is 407. The van der Waals surface area contributed by atoms with E-state index in [1.165, 1.54) is 12.1 Å². The van der Waals surface area contributed by atoms with E-state index in [1.807, 2.05) is 7.05 Å². The topological polar surface area (TPSA) is 38.0 Å². The molecule has 0 aliphatic carbocycles. The van der Waals surface area contributed by atoms with Gasteiger partial charge in [-0.3, -0.25) is 0 Å².